The minimum absolute atomic E-state index is 0.763. The zero-order valence-corrected chi connectivity index (χ0v) is 11.3. The van der Waals surface area contributed by atoms with E-state index in [0.29, 0.717) is 0 Å². The highest BCUT2D eigenvalue weighted by Gasteiger charge is 1.99. The van der Waals surface area contributed by atoms with Gasteiger partial charge in [0.25, 0.3) is 0 Å². The molecule has 4 heteroatoms. The average Bonchev–Trinajstić information content (AvgIpc) is 2.43. The smallest absolute Gasteiger partial charge is 0.127 e. The van der Waals surface area contributed by atoms with Crippen LogP contribution in [0.2, 0.25) is 0 Å². The highest BCUT2D eigenvalue weighted by Crippen LogP contribution is 2.15. The number of rotatable bonds is 5. The van der Waals surface area contributed by atoms with Crippen molar-refractivity contribution in [3.05, 3.63) is 47.7 Å². The Morgan fingerprint density at radius 1 is 1.32 bits per heavy atom. The Morgan fingerprint density at radius 2 is 2.16 bits per heavy atom. The van der Waals surface area contributed by atoms with E-state index in [1.54, 1.807) is 13.3 Å². The molecule has 1 heterocycles. The van der Waals surface area contributed by atoms with Crippen molar-refractivity contribution in [3.8, 4) is 5.75 Å². The third-order valence-corrected chi connectivity index (χ3v) is 3.00. The van der Waals surface area contributed by atoms with E-state index in [4.69, 9.17) is 10.5 Å². The number of ether oxygens (including phenoxy) is 1. The van der Waals surface area contributed by atoms with Crippen molar-refractivity contribution < 1.29 is 4.74 Å². The van der Waals surface area contributed by atoms with Gasteiger partial charge in [-0.15, -0.1) is 0 Å². The van der Waals surface area contributed by atoms with Gasteiger partial charge >= 0.3 is 0 Å². The van der Waals surface area contributed by atoms with Crippen LogP contribution in [0.1, 0.15) is 11.1 Å². The molecule has 2 rings (SSSR count). The van der Waals surface area contributed by atoms with Crippen LogP contribution in [0.3, 0.4) is 0 Å². The number of nitrogens with two attached hydrogens (primary N) is 1. The summed E-state index contributed by atoms with van der Waals surface area (Å²) in [4.78, 5) is 4.29. The van der Waals surface area contributed by atoms with Gasteiger partial charge in [0.2, 0.25) is 0 Å². The second-order valence-corrected chi connectivity index (χ2v) is 4.45. The summed E-state index contributed by atoms with van der Waals surface area (Å²) in [5, 5.41) is 3.27. The molecule has 0 unspecified atom stereocenters. The fourth-order valence-corrected chi connectivity index (χ4v) is 1.80. The molecule has 2 aromatic rings. The molecule has 0 spiro atoms. The second kappa shape index (κ2) is 6.09. The van der Waals surface area contributed by atoms with E-state index >= 15 is 0 Å². The predicted octanol–water partition coefficient (Wildman–Crippen LogP) is 2.64. The van der Waals surface area contributed by atoms with Crippen LogP contribution in [0.25, 0.3) is 0 Å². The van der Waals surface area contributed by atoms with E-state index in [1.807, 2.05) is 31.2 Å². The first kappa shape index (κ1) is 13.2. The highest BCUT2D eigenvalue weighted by molar-refractivity contribution is 5.53. The summed E-state index contributed by atoms with van der Waals surface area (Å²) in [6, 6.07) is 9.93. The van der Waals surface area contributed by atoms with E-state index in [-0.39, 0.29) is 0 Å². The maximum atomic E-state index is 5.84. The molecular formula is C15H19N3O. The first-order valence-corrected chi connectivity index (χ1v) is 6.28. The third kappa shape index (κ3) is 3.61. The van der Waals surface area contributed by atoms with Crippen molar-refractivity contribution in [2.75, 3.05) is 24.7 Å². The third-order valence-electron chi connectivity index (χ3n) is 3.00. The summed E-state index contributed by atoms with van der Waals surface area (Å²) in [5.74, 6) is 1.70. The average molecular weight is 257 g/mol. The number of nitrogen functional groups attached to an aromatic ring is 1. The minimum Gasteiger partial charge on any atom is -0.497 e. The Morgan fingerprint density at radius 3 is 2.89 bits per heavy atom. The number of anilines is 2. The molecule has 0 fully saturated rings. The van der Waals surface area contributed by atoms with E-state index in [2.05, 4.69) is 16.4 Å². The molecule has 3 N–H and O–H groups in total. The molecule has 0 saturated carbocycles. The summed E-state index contributed by atoms with van der Waals surface area (Å²) in [6.45, 7) is 2.75. The number of hydrogen-bond donors (Lipinski definition) is 2. The summed E-state index contributed by atoms with van der Waals surface area (Å²) in [6.07, 6.45) is 2.69. The maximum Gasteiger partial charge on any atom is 0.127 e. The largest absolute Gasteiger partial charge is 0.497 e. The normalized spacial score (nSPS) is 10.2. The number of methoxy groups -OCH3 is 1. The van der Waals surface area contributed by atoms with E-state index < -0.39 is 0 Å². The SMILES string of the molecule is COc1cccc(CCNc2cc(N)c(C)cn2)c1. The Balaban J connectivity index is 1.90. The molecule has 0 aliphatic heterocycles. The van der Waals surface area contributed by atoms with Crippen molar-refractivity contribution in [2.24, 2.45) is 0 Å². The highest BCUT2D eigenvalue weighted by atomic mass is 16.5. The number of hydrogen-bond acceptors (Lipinski definition) is 4. The van der Waals surface area contributed by atoms with Gasteiger partial charge in [-0.3, -0.25) is 0 Å². The van der Waals surface area contributed by atoms with Gasteiger partial charge in [0, 0.05) is 24.5 Å². The zero-order chi connectivity index (χ0) is 13.7. The molecule has 4 nitrogen and oxygen atoms in total. The number of aromatic nitrogens is 1. The van der Waals surface area contributed by atoms with Crippen molar-refractivity contribution in [1.29, 1.82) is 0 Å². The Kier molecular flexibility index (Phi) is 4.23. The van der Waals surface area contributed by atoms with Crippen LogP contribution in [-0.4, -0.2) is 18.6 Å². The van der Waals surface area contributed by atoms with Crippen LogP contribution < -0.4 is 15.8 Å². The molecular weight excluding hydrogens is 238 g/mol. The quantitative estimate of drug-likeness (QED) is 0.864. The van der Waals surface area contributed by atoms with Gasteiger partial charge in [-0.1, -0.05) is 12.1 Å². The van der Waals surface area contributed by atoms with Crippen molar-refractivity contribution in [2.45, 2.75) is 13.3 Å². The van der Waals surface area contributed by atoms with Crippen molar-refractivity contribution >= 4 is 11.5 Å². The summed E-state index contributed by atoms with van der Waals surface area (Å²) in [7, 11) is 1.68. The fraction of sp³-hybridized carbons (Fsp3) is 0.267. The van der Waals surface area contributed by atoms with Crippen LogP contribution in [0.15, 0.2) is 36.5 Å². The van der Waals surface area contributed by atoms with Gasteiger partial charge in [-0.2, -0.15) is 0 Å². The molecule has 1 aromatic heterocycles. The van der Waals surface area contributed by atoms with Gasteiger partial charge in [0.1, 0.15) is 11.6 Å². The lowest BCUT2D eigenvalue weighted by Gasteiger charge is -2.08. The summed E-state index contributed by atoms with van der Waals surface area (Å²) >= 11 is 0. The lowest BCUT2D eigenvalue weighted by Crippen LogP contribution is -2.07. The lowest BCUT2D eigenvalue weighted by atomic mass is 10.1. The van der Waals surface area contributed by atoms with Crippen LogP contribution in [0.4, 0.5) is 11.5 Å². The van der Waals surface area contributed by atoms with E-state index in [9.17, 15) is 0 Å². The molecule has 0 radical (unpaired) electrons. The Bertz CT molecular complexity index is 555. The molecule has 0 atom stereocenters. The fourth-order valence-electron chi connectivity index (χ4n) is 1.80. The van der Waals surface area contributed by atoms with Crippen molar-refractivity contribution in [1.82, 2.24) is 4.98 Å². The van der Waals surface area contributed by atoms with Crippen LogP contribution >= 0.6 is 0 Å². The second-order valence-electron chi connectivity index (χ2n) is 4.45. The molecule has 19 heavy (non-hydrogen) atoms. The molecule has 0 aliphatic rings. The molecule has 100 valence electrons. The standard InChI is InChI=1S/C15H19N3O/c1-11-10-18-15(9-14(11)16)17-7-6-12-4-3-5-13(8-12)19-2/h3-5,8-10H,6-7H2,1-2H3,(H3,16,17,18). The first-order valence-electron chi connectivity index (χ1n) is 6.28. The molecule has 0 saturated heterocycles. The predicted molar refractivity (Wildman–Crippen MR) is 78.6 cm³/mol. The Hall–Kier alpha value is -2.23. The first-order chi connectivity index (χ1) is 9.19. The number of benzene rings is 1. The summed E-state index contributed by atoms with van der Waals surface area (Å²) < 4.78 is 5.20. The van der Waals surface area contributed by atoms with E-state index in [1.165, 1.54) is 5.56 Å². The van der Waals surface area contributed by atoms with Gasteiger partial charge in [0.15, 0.2) is 0 Å². The number of aryl methyl sites for hydroxylation is 1. The van der Waals surface area contributed by atoms with E-state index in [0.717, 1.165) is 35.8 Å². The van der Waals surface area contributed by atoms with Crippen LogP contribution in [-0.2, 0) is 6.42 Å². The minimum atomic E-state index is 0.763. The topological polar surface area (TPSA) is 60.2 Å². The van der Waals surface area contributed by atoms with Gasteiger partial charge in [-0.05, 0) is 36.6 Å². The van der Waals surface area contributed by atoms with Crippen LogP contribution in [0, 0.1) is 6.92 Å². The monoisotopic (exact) mass is 257 g/mol. The number of pyridine rings is 1. The van der Waals surface area contributed by atoms with Gasteiger partial charge < -0.3 is 15.8 Å². The number of nitrogens with one attached hydrogen (secondary N) is 1. The molecule has 0 aliphatic carbocycles. The molecule has 0 bridgehead atoms. The zero-order valence-electron chi connectivity index (χ0n) is 11.3. The van der Waals surface area contributed by atoms with Gasteiger partial charge in [0.05, 0.1) is 7.11 Å². The Labute approximate surface area is 113 Å². The van der Waals surface area contributed by atoms with Gasteiger partial charge in [-0.25, -0.2) is 4.98 Å². The number of nitrogens with zero attached hydrogens (tertiary/aromatic N) is 1. The maximum absolute atomic E-state index is 5.84. The lowest BCUT2D eigenvalue weighted by molar-refractivity contribution is 0.414. The summed E-state index contributed by atoms with van der Waals surface area (Å²) in [5.41, 5.74) is 8.83. The van der Waals surface area contributed by atoms with Crippen molar-refractivity contribution in [3.63, 3.8) is 0 Å². The molecule has 0 amide bonds. The molecule has 1 aromatic carbocycles. The van der Waals surface area contributed by atoms with Crippen LogP contribution in [0.5, 0.6) is 5.75 Å².